The molecule has 4 atom stereocenters. The summed E-state index contributed by atoms with van der Waals surface area (Å²) in [6, 6.07) is -4.10. The fourth-order valence-electron chi connectivity index (χ4n) is 3.54. The van der Waals surface area contributed by atoms with Crippen LogP contribution in [0, 0.1) is 17.8 Å². The first kappa shape index (κ1) is 29.9. The molecule has 198 valence electrons. The quantitative estimate of drug-likeness (QED) is 0.293. The van der Waals surface area contributed by atoms with Crippen LogP contribution in [0.5, 0.6) is 0 Å². The minimum atomic E-state index is -1.17. The minimum absolute atomic E-state index is 0.0132. The van der Waals surface area contributed by atoms with Crippen LogP contribution >= 0.6 is 0 Å². The van der Waals surface area contributed by atoms with Crippen molar-refractivity contribution in [3.63, 3.8) is 0 Å². The molecule has 0 spiro atoms. The molecule has 1 heterocycles. The topological polar surface area (TPSA) is 166 Å². The van der Waals surface area contributed by atoms with Gasteiger partial charge >= 0.3 is 12.0 Å². The van der Waals surface area contributed by atoms with E-state index in [1.54, 1.807) is 33.8 Å². The van der Waals surface area contributed by atoms with Gasteiger partial charge in [0.25, 0.3) is 0 Å². The number of hydrogen-bond donors (Lipinski definition) is 6. The zero-order valence-electron chi connectivity index (χ0n) is 21.5. The average Bonchev–Trinajstić information content (AvgIpc) is 2.75. The Hall–Kier alpha value is -3.11. The van der Waals surface area contributed by atoms with Gasteiger partial charge in [-0.1, -0.05) is 47.6 Å². The molecule has 0 fully saturated rings. The van der Waals surface area contributed by atoms with E-state index >= 15 is 0 Å². The van der Waals surface area contributed by atoms with Crippen molar-refractivity contribution >= 4 is 29.7 Å². The number of amides is 5. The Labute approximate surface area is 207 Å². The van der Waals surface area contributed by atoms with Crippen molar-refractivity contribution in [1.82, 2.24) is 26.6 Å². The van der Waals surface area contributed by atoms with E-state index in [-0.39, 0.29) is 29.6 Å². The SMILES string of the molecule is CC(C)[C@H](NC(=O)N[C@H](C(=O)NC1CCCCNC(=O)/C=C/[C@H](C(C)C)NC1=O)C(C)C)C(=O)O. The van der Waals surface area contributed by atoms with E-state index in [1.807, 2.05) is 13.8 Å². The highest BCUT2D eigenvalue weighted by atomic mass is 16.4. The number of carbonyl (C=O) groups is 5. The summed E-state index contributed by atoms with van der Waals surface area (Å²) in [5.74, 6) is -2.96. The second-order valence-electron chi connectivity index (χ2n) is 9.88. The molecule has 0 aromatic heterocycles. The smallest absolute Gasteiger partial charge is 0.326 e. The molecule has 0 aliphatic carbocycles. The van der Waals surface area contributed by atoms with Gasteiger partial charge in [0.15, 0.2) is 0 Å². The van der Waals surface area contributed by atoms with Crippen molar-refractivity contribution in [3.8, 4) is 0 Å². The summed E-state index contributed by atoms with van der Waals surface area (Å²) in [5.41, 5.74) is 0. The first-order valence-electron chi connectivity index (χ1n) is 12.2. The number of urea groups is 1. The van der Waals surface area contributed by atoms with Gasteiger partial charge in [0, 0.05) is 18.7 Å². The van der Waals surface area contributed by atoms with Crippen molar-refractivity contribution in [2.45, 2.75) is 85.0 Å². The van der Waals surface area contributed by atoms with Crippen LogP contribution < -0.4 is 26.6 Å². The summed E-state index contributed by atoms with van der Waals surface area (Å²) in [5, 5.41) is 22.7. The second-order valence-corrected chi connectivity index (χ2v) is 9.88. The molecule has 0 saturated carbocycles. The summed E-state index contributed by atoms with van der Waals surface area (Å²) in [7, 11) is 0. The maximum atomic E-state index is 13.1. The van der Waals surface area contributed by atoms with Gasteiger partial charge in [-0.15, -0.1) is 0 Å². The summed E-state index contributed by atoms with van der Waals surface area (Å²) in [6.07, 6.45) is 4.61. The lowest BCUT2D eigenvalue weighted by molar-refractivity contribution is -0.140. The fraction of sp³-hybridized carbons (Fsp3) is 0.708. The van der Waals surface area contributed by atoms with Crippen LogP contribution in [0.2, 0.25) is 0 Å². The van der Waals surface area contributed by atoms with Gasteiger partial charge in [-0.25, -0.2) is 9.59 Å². The van der Waals surface area contributed by atoms with Crippen molar-refractivity contribution in [1.29, 1.82) is 0 Å². The highest BCUT2D eigenvalue weighted by Gasteiger charge is 2.31. The van der Waals surface area contributed by atoms with Gasteiger partial charge in [0.1, 0.15) is 18.1 Å². The van der Waals surface area contributed by atoms with Crippen LogP contribution in [-0.4, -0.2) is 65.5 Å². The third kappa shape index (κ3) is 10.4. The van der Waals surface area contributed by atoms with E-state index < -0.39 is 42.1 Å². The molecular formula is C24H41N5O6. The standard InChI is InChI=1S/C24H41N5O6/c1-13(2)16-10-11-18(30)25-12-8-7-9-17(21(31)26-16)27-22(32)19(14(3)4)28-24(35)29-20(15(5)6)23(33)34/h10-11,13-17,19-20H,7-9,12H2,1-6H3,(H,25,30)(H,26,31)(H,27,32)(H,33,34)(H2,28,29,35)/b11-10+/t16-,17?,19+,20+/m1/s1. The Morgan fingerprint density at radius 2 is 1.57 bits per heavy atom. The van der Waals surface area contributed by atoms with Crippen LogP contribution in [0.4, 0.5) is 4.79 Å². The molecule has 0 aromatic carbocycles. The first-order valence-corrected chi connectivity index (χ1v) is 12.2. The molecule has 35 heavy (non-hydrogen) atoms. The van der Waals surface area contributed by atoms with Gasteiger partial charge in [0.05, 0.1) is 0 Å². The zero-order chi connectivity index (χ0) is 26.7. The molecule has 1 rings (SSSR count). The van der Waals surface area contributed by atoms with Gasteiger partial charge < -0.3 is 31.7 Å². The van der Waals surface area contributed by atoms with E-state index in [9.17, 15) is 29.1 Å². The minimum Gasteiger partial charge on any atom is -0.480 e. The number of carboxylic acid groups (broad SMARTS) is 1. The predicted molar refractivity (Wildman–Crippen MR) is 131 cm³/mol. The van der Waals surface area contributed by atoms with Crippen LogP contribution in [0.3, 0.4) is 0 Å². The highest BCUT2D eigenvalue weighted by molar-refractivity contribution is 5.93. The van der Waals surface area contributed by atoms with E-state index in [2.05, 4.69) is 26.6 Å². The molecule has 11 nitrogen and oxygen atoms in total. The van der Waals surface area contributed by atoms with Crippen LogP contribution in [-0.2, 0) is 19.2 Å². The van der Waals surface area contributed by atoms with E-state index in [0.29, 0.717) is 25.8 Å². The number of carbonyl (C=O) groups excluding carboxylic acids is 4. The van der Waals surface area contributed by atoms with Crippen molar-refractivity contribution in [2.75, 3.05) is 6.54 Å². The molecule has 5 amide bonds. The number of nitrogens with one attached hydrogen (secondary N) is 5. The van der Waals surface area contributed by atoms with Gasteiger partial charge in [-0.05, 0) is 37.0 Å². The van der Waals surface area contributed by atoms with Crippen molar-refractivity contribution in [3.05, 3.63) is 12.2 Å². The fourth-order valence-corrected chi connectivity index (χ4v) is 3.54. The predicted octanol–water partition coefficient (Wildman–Crippen LogP) is 0.901. The van der Waals surface area contributed by atoms with Crippen LogP contribution in [0.25, 0.3) is 0 Å². The first-order chi connectivity index (χ1) is 16.3. The third-order valence-electron chi connectivity index (χ3n) is 5.79. The van der Waals surface area contributed by atoms with Crippen LogP contribution in [0.1, 0.15) is 60.8 Å². The Morgan fingerprint density at radius 3 is 2.11 bits per heavy atom. The second kappa shape index (κ2) is 14.3. The molecule has 0 radical (unpaired) electrons. The highest BCUT2D eigenvalue weighted by Crippen LogP contribution is 2.10. The van der Waals surface area contributed by atoms with Crippen molar-refractivity contribution < 1.29 is 29.1 Å². The Morgan fingerprint density at radius 1 is 0.971 bits per heavy atom. The van der Waals surface area contributed by atoms with Crippen molar-refractivity contribution in [2.24, 2.45) is 17.8 Å². The molecule has 11 heteroatoms. The Bertz CT molecular complexity index is 795. The number of rotatable bonds is 8. The van der Waals surface area contributed by atoms with Crippen LogP contribution in [0.15, 0.2) is 12.2 Å². The lowest BCUT2D eigenvalue weighted by atomic mass is 10.00. The molecule has 1 unspecified atom stereocenters. The maximum absolute atomic E-state index is 13.1. The molecule has 1 aliphatic rings. The monoisotopic (exact) mass is 495 g/mol. The normalized spacial score (nSPS) is 22.2. The zero-order valence-corrected chi connectivity index (χ0v) is 21.5. The lowest BCUT2D eigenvalue weighted by Crippen LogP contribution is -2.59. The number of aliphatic carboxylic acids is 1. The van der Waals surface area contributed by atoms with E-state index in [0.717, 1.165) is 0 Å². The summed E-state index contributed by atoms with van der Waals surface area (Å²) >= 11 is 0. The molecule has 1 aliphatic heterocycles. The van der Waals surface area contributed by atoms with Gasteiger partial charge in [-0.2, -0.15) is 0 Å². The summed E-state index contributed by atoms with van der Waals surface area (Å²) in [6.45, 7) is 11.1. The van der Waals surface area contributed by atoms with E-state index in [4.69, 9.17) is 0 Å². The summed E-state index contributed by atoms with van der Waals surface area (Å²) in [4.78, 5) is 61.9. The third-order valence-corrected chi connectivity index (χ3v) is 5.79. The number of carboxylic acids is 1. The molecule has 0 bridgehead atoms. The molecule has 6 N–H and O–H groups in total. The molecule has 0 saturated heterocycles. The average molecular weight is 496 g/mol. The van der Waals surface area contributed by atoms with Gasteiger partial charge in [0.2, 0.25) is 17.7 Å². The Balaban J connectivity index is 2.97. The lowest BCUT2D eigenvalue weighted by Gasteiger charge is -2.28. The maximum Gasteiger partial charge on any atom is 0.326 e. The Kier molecular flexibility index (Phi) is 12.2. The number of hydrogen-bond acceptors (Lipinski definition) is 5. The van der Waals surface area contributed by atoms with E-state index in [1.165, 1.54) is 6.08 Å². The molecule has 0 aromatic rings. The largest absolute Gasteiger partial charge is 0.480 e. The van der Waals surface area contributed by atoms with Gasteiger partial charge in [-0.3, -0.25) is 14.4 Å². The molecular weight excluding hydrogens is 454 g/mol. The summed E-state index contributed by atoms with van der Waals surface area (Å²) < 4.78 is 0.